The van der Waals surface area contributed by atoms with Gasteiger partial charge in [-0.05, 0) is 30.5 Å². The average molecular weight is 265 g/mol. The van der Waals surface area contributed by atoms with Crippen molar-refractivity contribution in [1.29, 1.82) is 0 Å². The molecule has 4 heteroatoms. The zero-order chi connectivity index (χ0) is 14.4. The number of hydrogen-bond donors (Lipinski definition) is 2. The van der Waals surface area contributed by atoms with Gasteiger partial charge in [-0.25, -0.2) is 0 Å². The Hall–Kier alpha value is -1.29. The van der Waals surface area contributed by atoms with Crippen molar-refractivity contribution in [3.05, 3.63) is 24.0 Å². The maximum atomic E-state index is 11.8. The van der Waals surface area contributed by atoms with Gasteiger partial charge >= 0.3 is 0 Å². The van der Waals surface area contributed by atoms with Crippen LogP contribution in [0, 0.1) is 11.8 Å². The smallest absolute Gasteiger partial charge is 0.239 e. The molecule has 0 aliphatic carbocycles. The summed E-state index contributed by atoms with van der Waals surface area (Å²) in [6.07, 6.45) is 4.02. The first kappa shape index (κ1) is 15.8. The van der Waals surface area contributed by atoms with Gasteiger partial charge in [-0.1, -0.05) is 27.7 Å². The lowest BCUT2D eigenvalue weighted by molar-refractivity contribution is -0.121. The summed E-state index contributed by atoms with van der Waals surface area (Å²) >= 11 is 0. The minimum atomic E-state index is 0.0707. The molecule has 0 saturated carbocycles. The van der Waals surface area contributed by atoms with E-state index in [4.69, 9.17) is 0 Å². The van der Waals surface area contributed by atoms with Crippen molar-refractivity contribution in [3.63, 3.8) is 0 Å². The first-order valence-corrected chi connectivity index (χ1v) is 7.03. The third-order valence-corrected chi connectivity index (χ3v) is 3.14. The zero-order valence-electron chi connectivity index (χ0n) is 12.7. The van der Waals surface area contributed by atoms with Crippen molar-refractivity contribution in [2.75, 3.05) is 13.6 Å². The fourth-order valence-electron chi connectivity index (χ4n) is 2.17. The second-order valence-corrected chi connectivity index (χ2v) is 5.83. The van der Waals surface area contributed by atoms with E-state index in [1.54, 1.807) is 0 Å². The summed E-state index contributed by atoms with van der Waals surface area (Å²) in [5.74, 6) is 1.08. The van der Waals surface area contributed by atoms with Crippen molar-refractivity contribution < 1.29 is 4.79 Å². The molecule has 4 nitrogen and oxygen atoms in total. The van der Waals surface area contributed by atoms with Crippen molar-refractivity contribution in [1.82, 2.24) is 15.2 Å². The van der Waals surface area contributed by atoms with Gasteiger partial charge in [-0.15, -0.1) is 0 Å². The number of aromatic nitrogens is 1. The summed E-state index contributed by atoms with van der Waals surface area (Å²) in [5, 5.41) is 6.24. The van der Waals surface area contributed by atoms with Gasteiger partial charge in [0, 0.05) is 25.0 Å². The van der Waals surface area contributed by atoms with Crippen LogP contribution in [0.5, 0.6) is 0 Å². The lowest BCUT2D eigenvalue weighted by Crippen LogP contribution is -2.30. The molecule has 1 rings (SSSR count). The second kappa shape index (κ2) is 7.34. The summed E-state index contributed by atoms with van der Waals surface area (Å²) in [5.41, 5.74) is 1.23. The normalized spacial score (nSPS) is 13.0. The van der Waals surface area contributed by atoms with Crippen LogP contribution in [0.4, 0.5) is 0 Å². The number of hydrogen-bond acceptors (Lipinski definition) is 2. The Bertz CT molecular complexity index is 396. The number of carbonyl (C=O) groups excluding carboxylic acids is 1. The van der Waals surface area contributed by atoms with E-state index in [9.17, 15) is 4.79 Å². The van der Waals surface area contributed by atoms with E-state index < -0.39 is 0 Å². The van der Waals surface area contributed by atoms with Crippen LogP contribution in [0.3, 0.4) is 0 Å². The minimum absolute atomic E-state index is 0.0707. The van der Waals surface area contributed by atoms with Gasteiger partial charge in [0.05, 0.1) is 0 Å². The van der Waals surface area contributed by atoms with Gasteiger partial charge in [0.2, 0.25) is 5.91 Å². The van der Waals surface area contributed by atoms with Crippen LogP contribution >= 0.6 is 0 Å². The van der Waals surface area contributed by atoms with Gasteiger partial charge in [-0.3, -0.25) is 4.79 Å². The van der Waals surface area contributed by atoms with Gasteiger partial charge in [0.15, 0.2) is 0 Å². The van der Waals surface area contributed by atoms with Crippen molar-refractivity contribution in [2.45, 2.75) is 40.3 Å². The Labute approximate surface area is 116 Å². The molecule has 0 aliphatic rings. The molecule has 1 unspecified atom stereocenters. The highest BCUT2D eigenvalue weighted by Crippen LogP contribution is 2.21. The number of nitrogens with zero attached hydrogens (tertiary/aromatic N) is 1. The van der Waals surface area contributed by atoms with Gasteiger partial charge in [0.1, 0.15) is 6.54 Å². The highest BCUT2D eigenvalue weighted by atomic mass is 16.1. The molecule has 0 aliphatic heterocycles. The predicted molar refractivity (Wildman–Crippen MR) is 78.9 cm³/mol. The molecule has 0 fully saturated rings. The molecule has 1 heterocycles. The van der Waals surface area contributed by atoms with Crippen LogP contribution < -0.4 is 10.6 Å². The molecule has 0 aromatic carbocycles. The third kappa shape index (κ3) is 5.07. The molecule has 1 aromatic heterocycles. The maximum absolute atomic E-state index is 11.8. The molecular formula is C15H27N3O. The Kier molecular flexibility index (Phi) is 6.09. The molecule has 0 saturated heterocycles. The fourth-order valence-corrected chi connectivity index (χ4v) is 2.17. The quantitative estimate of drug-likeness (QED) is 0.794. The number of nitrogens with one attached hydrogen (secondary N) is 2. The second-order valence-electron chi connectivity index (χ2n) is 5.83. The molecule has 1 atom stereocenters. The molecule has 108 valence electrons. The molecular weight excluding hydrogens is 238 g/mol. The molecule has 2 N–H and O–H groups in total. The summed E-state index contributed by atoms with van der Waals surface area (Å²) in [6.45, 7) is 9.68. The lowest BCUT2D eigenvalue weighted by Gasteiger charge is -2.18. The van der Waals surface area contributed by atoms with Crippen LogP contribution in [-0.2, 0) is 11.3 Å². The largest absolute Gasteiger partial charge is 0.354 e. The fraction of sp³-hybridized carbons (Fsp3) is 0.667. The summed E-state index contributed by atoms with van der Waals surface area (Å²) in [7, 11) is 1.97. The van der Waals surface area contributed by atoms with E-state index in [0.717, 1.165) is 6.54 Å². The first-order valence-electron chi connectivity index (χ1n) is 7.03. The lowest BCUT2D eigenvalue weighted by atomic mass is 9.99. The third-order valence-electron chi connectivity index (χ3n) is 3.14. The van der Waals surface area contributed by atoms with E-state index in [2.05, 4.69) is 50.6 Å². The molecule has 1 amide bonds. The van der Waals surface area contributed by atoms with Crippen molar-refractivity contribution in [3.8, 4) is 0 Å². The first-order chi connectivity index (χ1) is 8.93. The SMILES string of the molecule is CNC(c1ccn(CC(=O)NCC(C)C)c1)C(C)C. The molecule has 1 aromatic rings. The van der Waals surface area contributed by atoms with Gasteiger partial charge in [-0.2, -0.15) is 0 Å². The summed E-state index contributed by atoms with van der Waals surface area (Å²) < 4.78 is 1.94. The average Bonchev–Trinajstić information content (AvgIpc) is 2.75. The molecule has 19 heavy (non-hydrogen) atoms. The molecule has 0 radical (unpaired) electrons. The number of rotatable bonds is 7. The van der Waals surface area contributed by atoms with Crippen LogP contribution in [-0.4, -0.2) is 24.1 Å². The maximum Gasteiger partial charge on any atom is 0.239 e. The van der Waals surface area contributed by atoms with E-state index in [0.29, 0.717) is 24.4 Å². The highest BCUT2D eigenvalue weighted by Gasteiger charge is 2.14. The van der Waals surface area contributed by atoms with Crippen molar-refractivity contribution >= 4 is 5.91 Å². The van der Waals surface area contributed by atoms with Crippen molar-refractivity contribution in [2.24, 2.45) is 11.8 Å². The van der Waals surface area contributed by atoms with Crippen LogP contribution in [0.15, 0.2) is 18.5 Å². The van der Waals surface area contributed by atoms with E-state index in [1.807, 2.05) is 17.8 Å². The zero-order valence-corrected chi connectivity index (χ0v) is 12.7. The monoisotopic (exact) mass is 265 g/mol. The van der Waals surface area contributed by atoms with Crippen LogP contribution in [0.25, 0.3) is 0 Å². The Morgan fingerprint density at radius 3 is 2.53 bits per heavy atom. The van der Waals surface area contributed by atoms with E-state index in [1.165, 1.54) is 5.56 Å². The summed E-state index contributed by atoms with van der Waals surface area (Å²) in [4.78, 5) is 11.8. The summed E-state index contributed by atoms with van der Waals surface area (Å²) in [6, 6.07) is 2.41. The van der Waals surface area contributed by atoms with Gasteiger partial charge < -0.3 is 15.2 Å². The topological polar surface area (TPSA) is 46.1 Å². The van der Waals surface area contributed by atoms with E-state index in [-0.39, 0.29) is 5.91 Å². The molecule has 0 bridgehead atoms. The van der Waals surface area contributed by atoms with Crippen LogP contribution in [0.2, 0.25) is 0 Å². The van der Waals surface area contributed by atoms with Crippen LogP contribution in [0.1, 0.15) is 39.3 Å². The Morgan fingerprint density at radius 2 is 2.00 bits per heavy atom. The molecule has 0 spiro atoms. The standard InChI is InChI=1S/C15H27N3O/c1-11(2)8-17-14(19)10-18-7-6-13(9-18)15(16-5)12(3)4/h6-7,9,11-12,15-16H,8,10H2,1-5H3,(H,17,19). The predicted octanol–water partition coefficient (Wildman–Crippen LogP) is 2.18. The Balaban J connectivity index is 2.57. The van der Waals surface area contributed by atoms with Gasteiger partial charge in [0.25, 0.3) is 0 Å². The highest BCUT2D eigenvalue weighted by molar-refractivity contribution is 5.75. The number of amides is 1. The Morgan fingerprint density at radius 1 is 1.32 bits per heavy atom. The number of carbonyl (C=O) groups is 1. The van der Waals surface area contributed by atoms with E-state index >= 15 is 0 Å². The minimum Gasteiger partial charge on any atom is -0.354 e.